The third-order valence-corrected chi connectivity index (χ3v) is 3.24. The Bertz CT molecular complexity index is 611. The number of nitrogens with two attached hydrogens (primary N) is 1. The molecule has 0 spiro atoms. The topological polar surface area (TPSA) is 61.5 Å². The number of carbonyl (C=O) groups excluding carboxylic acids is 1. The smallest absolute Gasteiger partial charge is 0.184 e. The highest BCUT2D eigenvalue weighted by atomic mass is 16.5. The summed E-state index contributed by atoms with van der Waals surface area (Å²) in [6.07, 6.45) is 2.57. The van der Waals surface area contributed by atoms with Gasteiger partial charge in [-0.15, -0.1) is 0 Å². The normalized spacial score (nSPS) is 10.2. The molecule has 0 aliphatic carbocycles. The van der Waals surface area contributed by atoms with Crippen LogP contribution in [-0.4, -0.2) is 19.5 Å². The molecule has 4 heteroatoms. The van der Waals surface area contributed by atoms with Gasteiger partial charge in [-0.2, -0.15) is 0 Å². The van der Waals surface area contributed by atoms with Gasteiger partial charge < -0.3 is 15.2 Å². The zero-order chi connectivity index (χ0) is 15.8. The standard InChI is InChI=1S/C18H21NO3/c1-2-21-17-12-15(13-20)11-16(19)18(17)22-10-6-9-14-7-4-3-5-8-14/h3-5,7-8,11-13H,2,6,9-10,19H2,1H3. The average molecular weight is 299 g/mol. The number of aryl methyl sites for hydroxylation is 1. The first-order valence-corrected chi connectivity index (χ1v) is 7.42. The lowest BCUT2D eigenvalue weighted by molar-refractivity contribution is 0.112. The van der Waals surface area contributed by atoms with Crippen LogP contribution in [0.1, 0.15) is 29.3 Å². The maximum atomic E-state index is 10.9. The van der Waals surface area contributed by atoms with E-state index in [-0.39, 0.29) is 0 Å². The van der Waals surface area contributed by atoms with E-state index in [1.165, 1.54) is 5.56 Å². The summed E-state index contributed by atoms with van der Waals surface area (Å²) in [7, 11) is 0. The van der Waals surface area contributed by atoms with Crippen LogP contribution >= 0.6 is 0 Å². The van der Waals surface area contributed by atoms with Gasteiger partial charge in [0.1, 0.15) is 6.29 Å². The Kier molecular flexibility index (Phi) is 5.83. The van der Waals surface area contributed by atoms with Crippen molar-refractivity contribution in [1.82, 2.24) is 0 Å². The zero-order valence-electron chi connectivity index (χ0n) is 12.7. The molecule has 4 nitrogen and oxygen atoms in total. The SMILES string of the molecule is CCOc1cc(C=O)cc(N)c1OCCCc1ccccc1. The first-order valence-electron chi connectivity index (χ1n) is 7.42. The van der Waals surface area contributed by atoms with E-state index in [4.69, 9.17) is 15.2 Å². The molecule has 0 saturated heterocycles. The molecule has 22 heavy (non-hydrogen) atoms. The molecule has 0 heterocycles. The van der Waals surface area contributed by atoms with Gasteiger partial charge in [0.05, 0.1) is 18.9 Å². The lowest BCUT2D eigenvalue weighted by Gasteiger charge is -2.14. The van der Waals surface area contributed by atoms with Gasteiger partial charge in [0, 0.05) is 5.56 Å². The number of anilines is 1. The van der Waals surface area contributed by atoms with Crippen molar-refractivity contribution < 1.29 is 14.3 Å². The molecule has 2 aromatic carbocycles. The third kappa shape index (κ3) is 4.25. The Balaban J connectivity index is 1.98. The highest BCUT2D eigenvalue weighted by Gasteiger charge is 2.11. The van der Waals surface area contributed by atoms with Crippen molar-refractivity contribution in [3.8, 4) is 11.5 Å². The number of rotatable bonds is 8. The summed E-state index contributed by atoms with van der Waals surface area (Å²) in [5.41, 5.74) is 8.14. The minimum atomic E-state index is 0.424. The second-order valence-electron chi connectivity index (χ2n) is 4.93. The molecule has 116 valence electrons. The summed E-state index contributed by atoms with van der Waals surface area (Å²) >= 11 is 0. The Hall–Kier alpha value is -2.49. The molecule has 0 atom stereocenters. The molecule has 0 aromatic heterocycles. The molecule has 0 bridgehead atoms. The molecular weight excluding hydrogens is 278 g/mol. The fourth-order valence-electron chi connectivity index (χ4n) is 2.23. The second-order valence-corrected chi connectivity index (χ2v) is 4.93. The van der Waals surface area contributed by atoms with Crippen molar-refractivity contribution in [3.63, 3.8) is 0 Å². The van der Waals surface area contributed by atoms with E-state index in [9.17, 15) is 4.79 Å². The highest BCUT2D eigenvalue weighted by molar-refractivity contribution is 5.80. The maximum absolute atomic E-state index is 10.9. The fraction of sp³-hybridized carbons (Fsp3) is 0.278. The zero-order valence-corrected chi connectivity index (χ0v) is 12.7. The van der Waals surface area contributed by atoms with Crippen LogP contribution in [0.15, 0.2) is 42.5 Å². The first kappa shape index (κ1) is 15.9. The van der Waals surface area contributed by atoms with Crippen molar-refractivity contribution in [2.75, 3.05) is 18.9 Å². The molecule has 0 amide bonds. The number of carbonyl (C=O) groups is 1. The van der Waals surface area contributed by atoms with E-state index in [1.54, 1.807) is 12.1 Å². The number of benzene rings is 2. The summed E-state index contributed by atoms with van der Waals surface area (Å²) in [4.78, 5) is 10.9. The van der Waals surface area contributed by atoms with Gasteiger partial charge >= 0.3 is 0 Å². The van der Waals surface area contributed by atoms with Crippen LogP contribution in [0.4, 0.5) is 5.69 Å². The van der Waals surface area contributed by atoms with Gasteiger partial charge in [0.25, 0.3) is 0 Å². The van der Waals surface area contributed by atoms with Gasteiger partial charge in [0.2, 0.25) is 0 Å². The van der Waals surface area contributed by atoms with Crippen molar-refractivity contribution in [2.45, 2.75) is 19.8 Å². The van der Waals surface area contributed by atoms with Gasteiger partial charge in [-0.1, -0.05) is 30.3 Å². The van der Waals surface area contributed by atoms with Gasteiger partial charge in [0.15, 0.2) is 11.5 Å². The summed E-state index contributed by atoms with van der Waals surface area (Å²) in [6, 6.07) is 13.5. The predicted molar refractivity (Wildman–Crippen MR) is 87.7 cm³/mol. The molecule has 0 aliphatic heterocycles. The molecule has 2 N–H and O–H groups in total. The van der Waals surface area contributed by atoms with Gasteiger partial charge in [-0.05, 0) is 37.5 Å². The number of ether oxygens (including phenoxy) is 2. The summed E-state index contributed by atoms with van der Waals surface area (Å²) in [5, 5.41) is 0. The number of aldehydes is 1. The average Bonchev–Trinajstić information content (AvgIpc) is 2.54. The molecular formula is C18H21NO3. The summed E-state index contributed by atoms with van der Waals surface area (Å²) < 4.78 is 11.3. The van der Waals surface area contributed by atoms with Crippen molar-refractivity contribution in [3.05, 3.63) is 53.6 Å². The van der Waals surface area contributed by atoms with Gasteiger partial charge in [-0.3, -0.25) is 4.79 Å². The number of hydrogen-bond donors (Lipinski definition) is 1. The lowest BCUT2D eigenvalue weighted by atomic mass is 10.1. The Morgan fingerprint density at radius 2 is 1.91 bits per heavy atom. The number of nitrogen functional groups attached to an aromatic ring is 1. The van der Waals surface area contributed by atoms with Crippen molar-refractivity contribution >= 4 is 12.0 Å². The number of hydrogen-bond acceptors (Lipinski definition) is 4. The molecule has 0 radical (unpaired) electrons. The predicted octanol–water partition coefficient (Wildman–Crippen LogP) is 3.49. The van der Waals surface area contributed by atoms with Crippen molar-refractivity contribution in [1.29, 1.82) is 0 Å². The van der Waals surface area contributed by atoms with E-state index in [2.05, 4.69) is 12.1 Å². The quantitative estimate of drug-likeness (QED) is 0.460. The Labute approximate surface area is 130 Å². The van der Waals surface area contributed by atoms with Crippen LogP contribution < -0.4 is 15.2 Å². The second kappa shape index (κ2) is 8.08. The molecule has 0 saturated carbocycles. The van der Waals surface area contributed by atoms with E-state index in [1.807, 2.05) is 25.1 Å². The largest absolute Gasteiger partial charge is 0.490 e. The van der Waals surface area contributed by atoms with Gasteiger partial charge in [-0.25, -0.2) is 0 Å². The minimum Gasteiger partial charge on any atom is -0.490 e. The Morgan fingerprint density at radius 3 is 2.59 bits per heavy atom. The first-order chi connectivity index (χ1) is 10.7. The third-order valence-electron chi connectivity index (χ3n) is 3.24. The van der Waals surface area contributed by atoms with Crippen LogP contribution in [-0.2, 0) is 6.42 Å². The monoisotopic (exact) mass is 299 g/mol. The van der Waals surface area contributed by atoms with Crippen LogP contribution in [0.5, 0.6) is 11.5 Å². The van der Waals surface area contributed by atoms with E-state index in [0.717, 1.165) is 19.1 Å². The fourth-order valence-corrected chi connectivity index (χ4v) is 2.23. The lowest BCUT2D eigenvalue weighted by Crippen LogP contribution is -2.05. The van der Waals surface area contributed by atoms with E-state index >= 15 is 0 Å². The summed E-state index contributed by atoms with van der Waals surface area (Å²) in [6.45, 7) is 2.91. The van der Waals surface area contributed by atoms with E-state index < -0.39 is 0 Å². The maximum Gasteiger partial charge on any atom is 0.184 e. The Morgan fingerprint density at radius 1 is 1.14 bits per heavy atom. The molecule has 0 aliphatic rings. The van der Waals surface area contributed by atoms with E-state index in [0.29, 0.717) is 36.0 Å². The van der Waals surface area contributed by atoms with Crippen LogP contribution in [0.25, 0.3) is 0 Å². The molecule has 0 fully saturated rings. The van der Waals surface area contributed by atoms with Crippen LogP contribution in [0.3, 0.4) is 0 Å². The van der Waals surface area contributed by atoms with Crippen molar-refractivity contribution in [2.24, 2.45) is 0 Å². The molecule has 2 aromatic rings. The van der Waals surface area contributed by atoms with Crippen LogP contribution in [0, 0.1) is 0 Å². The molecule has 0 unspecified atom stereocenters. The minimum absolute atomic E-state index is 0.424. The van der Waals surface area contributed by atoms with Crippen LogP contribution in [0.2, 0.25) is 0 Å². The summed E-state index contributed by atoms with van der Waals surface area (Å²) in [5.74, 6) is 1.03. The molecule has 2 rings (SSSR count). The highest BCUT2D eigenvalue weighted by Crippen LogP contribution is 2.35.